The van der Waals surface area contributed by atoms with E-state index in [2.05, 4.69) is 16.0 Å². The van der Waals surface area contributed by atoms with Crippen LogP contribution in [0.15, 0.2) is 78.9 Å². The number of nitrogens with one attached hydrogen (secondary N) is 3. The molecule has 0 aliphatic heterocycles. The highest BCUT2D eigenvalue weighted by atomic mass is 32.1. The van der Waals surface area contributed by atoms with E-state index in [9.17, 15) is 9.59 Å². The molecule has 0 aliphatic rings. The van der Waals surface area contributed by atoms with Gasteiger partial charge in [0, 0.05) is 18.5 Å². The predicted octanol–water partition coefficient (Wildman–Crippen LogP) is 3.16. The molecule has 3 rings (SSSR count). The SMILES string of the molecule is O=C(NC(=S)Nc1ccccc1C(=O)NCCO)c1ccc(OCCc2ccccc2)cc1. The van der Waals surface area contributed by atoms with E-state index in [-0.39, 0.29) is 30.1 Å². The lowest BCUT2D eigenvalue weighted by Gasteiger charge is -2.13. The van der Waals surface area contributed by atoms with Crippen LogP contribution < -0.4 is 20.7 Å². The third kappa shape index (κ3) is 7.41. The molecule has 170 valence electrons. The van der Waals surface area contributed by atoms with Crippen LogP contribution in [0.2, 0.25) is 0 Å². The van der Waals surface area contributed by atoms with E-state index in [1.54, 1.807) is 48.5 Å². The van der Waals surface area contributed by atoms with E-state index < -0.39 is 0 Å². The number of para-hydroxylation sites is 1. The van der Waals surface area contributed by atoms with Crippen molar-refractivity contribution < 1.29 is 19.4 Å². The molecule has 3 aromatic rings. The van der Waals surface area contributed by atoms with Gasteiger partial charge in [-0.3, -0.25) is 14.9 Å². The van der Waals surface area contributed by atoms with E-state index in [1.165, 1.54) is 5.56 Å². The van der Waals surface area contributed by atoms with Crippen LogP contribution in [-0.4, -0.2) is 41.8 Å². The molecule has 0 spiro atoms. The quantitative estimate of drug-likeness (QED) is 0.364. The van der Waals surface area contributed by atoms with Gasteiger partial charge in [0.25, 0.3) is 11.8 Å². The van der Waals surface area contributed by atoms with Crippen LogP contribution in [0.3, 0.4) is 0 Å². The molecule has 7 nitrogen and oxygen atoms in total. The lowest BCUT2D eigenvalue weighted by atomic mass is 10.1. The molecule has 0 saturated heterocycles. The topological polar surface area (TPSA) is 99.7 Å². The zero-order chi connectivity index (χ0) is 23.5. The van der Waals surface area contributed by atoms with Gasteiger partial charge >= 0.3 is 0 Å². The molecular weight excluding hydrogens is 438 g/mol. The van der Waals surface area contributed by atoms with Crippen molar-refractivity contribution in [3.63, 3.8) is 0 Å². The largest absolute Gasteiger partial charge is 0.493 e. The van der Waals surface area contributed by atoms with Gasteiger partial charge in [-0.05, 0) is 54.2 Å². The summed E-state index contributed by atoms with van der Waals surface area (Å²) in [5.41, 5.74) is 2.41. The number of aliphatic hydroxyl groups excluding tert-OH is 1. The van der Waals surface area contributed by atoms with Crippen molar-refractivity contribution in [2.45, 2.75) is 6.42 Å². The highest BCUT2D eigenvalue weighted by molar-refractivity contribution is 7.80. The van der Waals surface area contributed by atoms with Crippen LogP contribution in [0.4, 0.5) is 5.69 Å². The third-order valence-electron chi connectivity index (χ3n) is 4.66. The van der Waals surface area contributed by atoms with Crippen molar-refractivity contribution in [2.24, 2.45) is 0 Å². The summed E-state index contributed by atoms with van der Waals surface area (Å²) in [5.74, 6) is -0.0688. The van der Waals surface area contributed by atoms with Gasteiger partial charge in [0.15, 0.2) is 5.11 Å². The first-order valence-electron chi connectivity index (χ1n) is 10.4. The Kier molecular flexibility index (Phi) is 8.93. The van der Waals surface area contributed by atoms with Gasteiger partial charge in [-0.1, -0.05) is 42.5 Å². The molecular formula is C25H25N3O4S. The van der Waals surface area contributed by atoms with Crippen LogP contribution in [0.5, 0.6) is 5.75 Å². The lowest BCUT2D eigenvalue weighted by Crippen LogP contribution is -2.35. The monoisotopic (exact) mass is 463 g/mol. The van der Waals surface area contributed by atoms with Crippen LogP contribution in [0, 0.1) is 0 Å². The Morgan fingerprint density at radius 2 is 1.58 bits per heavy atom. The molecule has 0 aliphatic carbocycles. The third-order valence-corrected chi connectivity index (χ3v) is 4.87. The summed E-state index contributed by atoms with van der Waals surface area (Å²) in [7, 11) is 0. The second kappa shape index (κ2) is 12.3. The van der Waals surface area contributed by atoms with E-state index in [1.807, 2.05) is 30.3 Å². The minimum absolute atomic E-state index is 0.0607. The number of amides is 2. The summed E-state index contributed by atoms with van der Waals surface area (Å²) in [5, 5.41) is 17.0. The molecule has 8 heteroatoms. The standard InChI is InChI=1S/C25H25N3O4S/c29-16-15-26-24(31)21-8-4-5-9-22(21)27-25(33)28-23(30)19-10-12-20(13-11-19)32-17-14-18-6-2-1-3-7-18/h1-13,29H,14-17H2,(H,26,31)(H2,27,28,30,33). The summed E-state index contributed by atoms with van der Waals surface area (Å²) in [6, 6.07) is 23.6. The number of carbonyl (C=O) groups is 2. The normalized spacial score (nSPS) is 10.2. The molecule has 0 unspecified atom stereocenters. The van der Waals surface area contributed by atoms with E-state index >= 15 is 0 Å². The fraction of sp³-hybridized carbons (Fsp3) is 0.160. The van der Waals surface area contributed by atoms with Gasteiger partial charge in [-0.15, -0.1) is 0 Å². The van der Waals surface area contributed by atoms with Gasteiger partial charge in [-0.2, -0.15) is 0 Å². The number of rotatable bonds is 9. The molecule has 4 N–H and O–H groups in total. The van der Waals surface area contributed by atoms with Gasteiger partial charge in [0.1, 0.15) is 5.75 Å². The Bertz CT molecular complexity index is 1090. The minimum atomic E-state index is -0.384. The molecule has 0 radical (unpaired) electrons. The fourth-order valence-electron chi connectivity index (χ4n) is 3.02. The number of carbonyl (C=O) groups excluding carboxylic acids is 2. The molecule has 0 fully saturated rings. The Morgan fingerprint density at radius 3 is 2.30 bits per heavy atom. The van der Waals surface area contributed by atoms with E-state index in [0.29, 0.717) is 29.2 Å². The molecule has 3 aromatic carbocycles. The number of anilines is 1. The van der Waals surface area contributed by atoms with Crippen molar-refractivity contribution in [2.75, 3.05) is 25.1 Å². The number of benzene rings is 3. The maximum Gasteiger partial charge on any atom is 0.257 e. The average Bonchev–Trinajstić information content (AvgIpc) is 2.84. The Labute approximate surface area is 197 Å². The van der Waals surface area contributed by atoms with Gasteiger partial charge in [0.2, 0.25) is 0 Å². The predicted molar refractivity (Wildman–Crippen MR) is 132 cm³/mol. The first-order chi connectivity index (χ1) is 16.1. The number of ether oxygens (including phenoxy) is 1. The van der Waals surface area contributed by atoms with Crippen LogP contribution >= 0.6 is 12.2 Å². The van der Waals surface area contributed by atoms with Crippen molar-refractivity contribution in [1.82, 2.24) is 10.6 Å². The van der Waals surface area contributed by atoms with E-state index in [0.717, 1.165) is 6.42 Å². The zero-order valence-electron chi connectivity index (χ0n) is 17.9. The van der Waals surface area contributed by atoms with Crippen LogP contribution in [-0.2, 0) is 6.42 Å². The maximum absolute atomic E-state index is 12.5. The Hall–Kier alpha value is -3.75. The molecule has 0 saturated carbocycles. The number of hydrogen-bond acceptors (Lipinski definition) is 5. The van der Waals surface area contributed by atoms with Crippen LogP contribution in [0.1, 0.15) is 26.3 Å². The average molecular weight is 464 g/mol. The van der Waals surface area contributed by atoms with E-state index in [4.69, 9.17) is 22.1 Å². The molecule has 0 aromatic heterocycles. The molecule has 2 amide bonds. The second-order valence-electron chi connectivity index (χ2n) is 7.04. The highest BCUT2D eigenvalue weighted by Gasteiger charge is 2.13. The Morgan fingerprint density at radius 1 is 0.879 bits per heavy atom. The van der Waals surface area contributed by atoms with Gasteiger partial charge in [-0.25, -0.2) is 0 Å². The number of thiocarbonyl (C=S) groups is 1. The first kappa shape index (κ1) is 23.9. The molecule has 0 atom stereocenters. The number of hydrogen-bond donors (Lipinski definition) is 4. The molecule has 0 bridgehead atoms. The van der Waals surface area contributed by atoms with Gasteiger partial charge < -0.3 is 20.5 Å². The fourth-order valence-corrected chi connectivity index (χ4v) is 3.22. The van der Waals surface area contributed by atoms with Crippen molar-refractivity contribution in [3.8, 4) is 5.75 Å². The summed E-state index contributed by atoms with van der Waals surface area (Å²) in [4.78, 5) is 24.8. The summed E-state index contributed by atoms with van der Waals surface area (Å²) in [6.45, 7) is 0.516. The Balaban J connectivity index is 1.52. The zero-order valence-corrected chi connectivity index (χ0v) is 18.7. The molecule has 33 heavy (non-hydrogen) atoms. The smallest absolute Gasteiger partial charge is 0.257 e. The summed E-state index contributed by atoms with van der Waals surface area (Å²) >= 11 is 5.24. The summed E-state index contributed by atoms with van der Waals surface area (Å²) in [6.07, 6.45) is 0.794. The van der Waals surface area contributed by atoms with Crippen molar-refractivity contribution in [1.29, 1.82) is 0 Å². The minimum Gasteiger partial charge on any atom is -0.493 e. The first-order valence-corrected chi connectivity index (χ1v) is 10.8. The summed E-state index contributed by atoms with van der Waals surface area (Å²) < 4.78 is 5.74. The van der Waals surface area contributed by atoms with Crippen molar-refractivity contribution in [3.05, 3.63) is 95.6 Å². The lowest BCUT2D eigenvalue weighted by molar-refractivity contribution is 0.0944. The van der Waals surface area contributed by atoms with Crippen molar-refractivity contribution >= 4 is 34.8 Å². The second-order valence-corrected chi connectivity index (χ2v) is 7.45. The molecule has 0 heterocycles. The number of aliphatic hydroxyl groups is 1. The maximum atomic E-state index is 12.5. The highest BCUT2D eigenvalue weighted by Crippen LogP contribution is 2.16. The van der Waals surface area contributed by atoms with Crippen LogP contribution in [0.25, 0.3) is 0 Å². The van der Waals surface area contributed by atoms with Gasteiger partial charge in [0.05, 0.1) is 24.5 Å².